The molecule has 1 aliphatic heterocycles. The molecule has 1 aromatic heterocycles. The minimum absolute atomic E-state index is 0. The second-order valence-corrected chi connectivity index (χ2v) is 3.72. The molecule has 2 heterocycles. The number of nitrogens with zero attached hydrogens (tertiary/aromatic N) is 1. The van der Waals surface area contributed by atoms with Gasteiger partial charge in [-0.2, -0.15) is 4.57 Å². The van der Waals surface area contributed by atoms with Crippen molar-refractivity contribution in [2.24, 2.45) is 0 Å². The van der Waals surface area contributed by atoms with Crippen molar-refractivity contribution in [2.75, 3.05) is 0 Å². The van der Waals surface area contributed by atoms with E-state index >= 15 is 0 Å². The summed E-state index contributed by atoms with van der Waals surface area (Å²) in [5.41, 5.74) is 1.41. The predicted octanol–water partition coefficient (Wildman–Crippen LogP) is -0.452. The molecule has 0 aliphatic carbocycles. The van der Waals surface area contributed by atoms with E-state index in [0.29, 0.717) is 0 Å². The molecule has 0 unspecified atom stereocenters. The lowest BCUT2D eigenvalue weighted by atomic mass is 10.1. The van der Waals surface area contributed by atoms with Crippen molar-refractivity contribution < 1.29 is 21.5 Å². The quantitative estimate of drug-likeness (QED) is 0.566. The van der Waals surface area contributed by atoms with Crippen LogP contribution in [-0.2, 0) is 6.42 Å². The highest BCUT2D eigenvalue weighted by Gasteiger charge is 2.12. The van der Waals surface area contributed by atoms with Crippen LogP contribution in [0.2, 0.25) is 0 Å². The molecule has 0 atom stereocenters. The monoisotopic (exact) mass is 261 g/mol. The SMILES string of the molecule is C1=C[n+]2cc3ccccc3cc2CC1.[Br-]. The third-order valence-electron chi connectivity index (χ3n) is 2.76. The Hall–Kier alpha value is -1.15. The number of aryl methyl sites for hydroxylation is 1. The van der Waals surface area contributed by atoms with Gasteiger partial charge in [-0.3, -0.25) is 0 Å². The van der Waals surface area contributed by atoms with Gasteiger partial charge in [-0.05, 0) is 23.9 Å². The summed E-state index contributed by atoms with van der Waals surface area (Å²) in [6.45, 7) is 0. The highest BCUT2D eigenvalue weighted by molar-refractivity contribution is 5.81. The molecule has 0 amide bonds. The van der Waals surface area contributed by atoms with Crippen molar-refractivity contribution in [3.63, 3.8) is 0 Å². The van der Waals surface area contributed by atoms with E-state index in [0.717, 1.165) is 6.42 Å². The first-order chi connectivity index (χ1) is 6.93. The molecule has 15 heavy (non-hydrogen) atoms. The lowest BCUT2D eigenvalue weighted by Crippen LogP contribution is -3.00. The molecule has 0 N–H and O–H groups in total. The molecule has 1 nitrogen and oxygen atoms in total. The van der Waals surface area contributed by atoms with E-state index in [9.17, 15) is 0 Å². The van der Waals surface area contributed by atoms with Crippen molar-refractivity contribution in [2.45, 2.75) is 12.8 Å². The van der Waals surface area contributed by atoms with Gasteiger partial charge in [0, 0.05) is 17.9 Å². The maximum absolute atomic E-state index is 2.29. The molecule has 76 valence electrons. The zero-order valence-corrected chi connectivity index (χ0v) is 9.94. The zero-order chi connectivity index (χ0) is 9.38. The van der Waals surface area contributed by atoms with E-state index in [2.05, 4.69) is 53.4 Å². The van der Waals surface area contributed by atoms with Gasteiger partial charge in [-0.25, -0.2) is 0 Å². The molecule has 0 saturated heterocycles. The van der Waals surface area contributed by atoms with Crippen molar-refractivity contribution in [1.29, 1.82) is 0 Å². The molecule has 2 heteroatoms. The van der Waals surface area contributed by atoms with Gasteiger partial charge in [0.2, 0.25) is 0 Å². The van der Waals surface area contributed by atoms with Gasteiger partial charge in [0.15, 0.2) is 18.1 Å². The van der Waals surface area contributed by atoms with Crippen LogP contribution >= 0.6 is 0 Å². The largest absolute Gasteiger partial charge is 1.00 e. The molecule has 0 spiro atoms. The third-order valence-corrected chi connectivity index (χ3v) is 2.76. The smallest absolute Gasteiger partial charge is 0.187 e. The molecule has 1 aromatic carbocycles. The highest BCUT2D eigenvalue weighted by Crippen LogP contribution is 2.15. The Labute approximate surface area is 99.8 Å². The Morgan fingerprint density at radius 3 is 2.73 bits per heavy atom. The Balaban J connectivity index is 0.000000853. The number of halogens is 1. The van der Waals surface area contributed by atoms with E-state index in [1.807, 2.05) is 0 Å². The van der Waals surface area contributed by atoms with E-state index in [1.165, 1.54) is 22.9 Å². The molecule has 0 fully saturated rings. The maximum atomic E-state index is 2.29. The average Bonchev–Trinajstić information content (AvgIpc) is 2.26. The number of pyridine rings is 1. The summed E-state index contributed by atoms with van der Waals surface area (Å²) in [5.74, 6) is 0. The summed E-state index contributed by atoms with van der Waals surface area (Å²) in [4.78, 5) is 0. The van der Waals surface area contributed by atoms with E-state index in [-0.39, 0.29) is 17.0 Å². The topological polar surface area (TPSA) is 3.88 Å². The Kier molecular flexibility index (Phi) is 2.87. The summed E-state index contributed by atoms with van der Waals surface area (Å²) in [7, 11) is 0. The predicted molar refractivity (Wildman–Crippen MR) is 57.8 cm³/mol. The number of aromatic nitrogens is 1. The Bertz CT molecular complexity index is 517. The lowest BCUT2D eigenvalue weighted by molar-refractivity contribution is -0.577. The molecular formula is C13H12BrN. The van der Waals surface area contributed by atoms with Gasteiger partial charge >= 0.3 is 0 Å². The first-order valence-corrected chi connectivity index (χ1v) is 5.03. The van der Waals surface area contributed by atoms with Crippen LogP contribution in [-0.4, -0.2) is 0 Å². The van der Waals surface area contributed by atoms with Gasteiger partial charge in [0.1, 0.15) is 0 Å². The number of hydrogen-bond donors (Lipinski definition) is 0. The second-order valence-electron chi connectivity index (χ2n) is 3.72. The van der Waals surface area contributed by atoms with Crippen molar-refractivity contribution in [3.05, 3.63) is 48.3 Å². The van der Waals surface area contributed by atoms with Crippen LogP contribution in [0.3, 0.4) is 0 Å². The Morgan fingerprint density at radius 1 is 1.07 bits per heavy atom. The van der Waals surface area contributed by atoms with Gasteiger partial charge in [-0.1, -0.05) is 18.2 Å². The standard InChI is InChI=1S/C13H12N.BrH/c1-2-6-12-10-14-8-4-3-7-13(14)9-11(12)5-1;/h1-2,4-6,8-10H,3,7H2;1H/q+1;/p-1. The van der Waals surface area contributed by atoms with Crippen LogP contribution in [0.1, 0.15) is 12.1 Å². The average molecular weight is 262 g/mol. The zero-order valence-electron chi connectivity index (χ0n) is 8.36. The molecule has 1 aliphatic rings. The molecule has 3 rings (SSSR count). The summed E-state index contributed by atoms with van der Waals surface area (Å²) in [6.07, 6.45) is 8.91. The van der Waals surface area contributed by atoms with Crippen LogP contribution in [0.25, 0.3) is 17.0 Å². The van der Waals surface area contributed by atoms with E-state index in [4.69, 9.17) is 0 Å². The normalized spacial score (nSPS) is 13.3. The first-order valence-electron chi connectivity index (χ1n) is 5.03. The molecule has 0 bridgehead atoms. The molecule has 0 radical (unpaired) electrons. The molecule has 2 aromatic rings. The van der Waals surface area contributed by atoms with Crippen molar-refractivity contribution in [1.82, 2.24) is 0 Å². The highest BCUT2D eigenvalue weighted by atomic mass is 79.9. The fraction of sp³-hybridized carbons (Fsp3) is 0.154. The number of rotatable bonds is 0. The van der Waals surface area contributed by atoms with Crippen LogP contribution < -0.4 is 21.5 Å². The third kappa shape index (κ3) is 1.82. The number of benzene rings is 1. The van der Waals surface area contributed by atoms with Crippen LogP contribution in [0.5, 0.6) is 0 Å². The van der Waals surface area contributed by atoms with E-state index < -0.39 is 0 Å². The number of hydrogen-bond acceptors (Lipinski definition) is 0. The van der Waals surface area contributed by atoms with E-state index in [1.54, 1.807) is 0 Å². The second kappa shape index (κ2) is 4.15. The van der Waals surface area contributed by atoms with Crippen LogP contribution in [0, 0.1) is 0 Å². The van der Waals surface area contributed by atoms with Crippen molar-refractivity contribution in [3.8, 4) is 0 Å². The van der Waals surface area contributed by atoms with Gasteiger partial charge < -0.3 is 17.0 Å². The minimum Gasteiger partial charge on any atom is -1.00 e. The van der Waals surface area contributed by atoms with Crippen LogP contribution in [0.15, 0.2) is 42.6 Å². The molecular weight excluding hydrogens is 250 g/mol. The summed E-state index contributed by atoms with van der Waals surface area (Å²) >= 11 is 0. The lowest BCUT2D eigenvalue weighted by Gasteiger charge is -2.04. The fourth-order valence-electron chi connectivity index (χ4n) is 2.01. The summed E-state index contributed by atoms with van der Waals surface area (Å²) < 4.78 is 2.23. The molecule has 0 saturated carbocycles. The van der Waals surface area contributed by atoms with Gasteiger partial charge in [-0.15, -0.1) is 0 Å². The van der Waals surface area contributed by atoms with Crippen LogP contribution in [0.4, 0.5) is 0 Å². The fourth-order valence-corrected chi connectivity index (χ4v) is 2.01. The first kappa shape index (κ1) is 10.4. The Morgan fingerprint density at radius 2 is 1.87 bits per heavy atom. The van der Waals surface area contributed by atoms with Gasteiger partial charge in [0.05, 0.1) is 0 Å². The summed E-state index contributed by atoms with van der Waals surface area (Å²) in [6, 6.07) is 10.8. The van der Waals surface area contributed by atoms with Gasteiger partial charge in [0.25, 0.3) is 0 Å². The number of allylic oxidation sites excluding steroid dienone is 1. The minimum atomic E-state index is 0. The summed E-state index contributed by atoms with van der Waals surface area (Å²) in [5, 5.41) is 2.65. The number of fused-ring (bicyclic) bond motifs is 2. The van der Waals surface area contributed by atoms with Crippen molar-refractivity contribution >= 4 is 17.0 Å². The maximum Gasteiger partial charge on any atom is 0.187 e.